The molecule has 2 aromatic carbocycles. The summed E-state index contributed by atoms with van der Waals surface area (Å²) in [6, 6.07) is 9.02. The number of halogens is 3. The van der Waals surface area contributed by atoms with Crippen LogP contribution in [0.5, 0.6) is 11.5 Å². The average molecular weight is 420 g/mol. The van der Waals surface area contributed by atoms with E-state index in [0.717, 1.165) is 5.56 Å². The molecule has 0 unspecified atom stereocenters. The number of rotatable bonds is 6. The number of ether oxygens (including phenoxy) is 2. The summed E-state index contributed by atoms with van der Waals surface area (Å²) >= 11 is 0. The molecule has 30 heavy (non-hydrogen) atoms. The number of aliphatic hydroxyl groups excluding tert-OH is 1. The molecule has 0 spiro atoms. The summed E-state index contributed by atoms with van der Waals surface area (Å²) in [6.07, 6.45) is -5.45. The van der Waals surface area contributed by atoms with E-state index in [2.05, 4.69) is 10.1 Å². The highest BCUT2D eigenvalue weighted by Crippen LogP contribution is 2.43. The fourth-order valence-electron chi connectivity index (χ4n) is 3.48. The summed E-state index contributed by atoms with van der Waals surface area (Å²) in [4.78, 5) is 11.4. The van der Waals surface area contributed by atoms with Gasteiger partial charge in [0.2, 0.25) is 5.91 Å². The van der Waals surface area contributed by atoms with Crippen molar-refractivity contribution in [3.63, 3.8) is 0 Å². The molecule has 2 aromatic rings. The van der Waals surface area contributed by atoms with Crippen LogP contribution in [0.2, 0.25) is 0 Å². The maximum absolute atomic E-state index is 12.4. The standard InChI is InChI=1S/C21H19F3N2O4/c1-12(27)26-11-14-10-17(13-2-4-15(5-3-13)30-21(22,23)24)20-16(7-9-29-20)19(14)18(28)6-8-25/h2-5,10,18,28H,6-7,9,11H2,1H3,(H,26,27)/t18-/m0/s1. The van der Waals surface area contributed by atoms with E-state index in [0.29, 0.717) is 41.0 Å². The number of nitriles is 1. The lowest BCUT2D eigenvalue weighted by atomic mass is 9.88. The molecule has 1 aliphatic heterocycles. The minimum Gasteiger partial charge on any atom is -0.492 e. The fourth-order valence-corrected chi connectivity index (χ4v) is 3.48. The number of hydrogen-bond acceptors (Lipinski definition) is 5. The molecule has 0 bridgehead atoms. The Balaban J connectivity index is 2.07. The van der Waals surface area contributed by atoms with Gasteiger partial charge in [-0.1, -0.05) is 12.1 Å². The zero-order valence-electron chi connectivity index (χ0n) is 16.0. The number of alkyl halides is 3. The van der Waals surface area contributed by atoms with Gasteiger partial charge in [0.05, 0.1) is 25.2 Å². The molecular formula is C21H19F3N2O4. The summed E-state index contributed by atoms with van der Waals surface area (Å²) in [7, 11) is 0. The number of amides is 1. The molecule has 0 aromatic heterocycles. The molecule has 158 valence electrons. The number of carbonyl (C=O) groups excluding carboxylic acids is 1. The molecular weight excluding hydrogens is 401 g/mol. The third kappa shape index (κ3) is 4.83. The largest absolute Gasteiger partial charge is 0.573 e. The van der Waals surface area contributed by atoms with Crippen molar-refractivity contribution < 1.29 is 32.5 Å². The van der Waals surface area contributed by atoms with Gasteiger partial charge in [0.25, 0.3) is 0 Å². The van der Waals surface area contributed by atoms with Crippen LogP contribution in [0.1, 0.15) is 36.1 Å². The third-order valence-electron chi connectivity index (χ3n) is 4.65. The van der Waals surface area contributed by atoms with Gasteiger partial charge in [0.1, 0.15) is 11.5 Å². The number of carbonyl (C=O) groups is 1. The van der Waals surface area contributed by atoms with Gasteiger partial charge in [-0.3, -0.25) is 4.79 Å². The van der Waals surface area contributed by atoms with Gasteiger partial charge in [-0.15, -0.1) is 13.2 Å². The maximum atomic E-state index is 12.4. The molecule has 1 heterocycles. The lowest BCUT2D eigenvalue weighted by Crippen LogP contribution is -2.21. The van der Waals surface area contributed by atoms with Crippen LogP contribution in [0, 0.1) is 11.3 Å². The molecule has 1 amide bonds. The van der Waals surface area contributed by atoms with Crippen molar-refractivity contribution in [2.75, 3.05) is 6.61 Å². The van der Waals surface area contributed by atoms with Gasteiger partial charge in [0.15, 0.2) is 0 Å². The number of fused-ring (bicyclic) bond motifs is 1. The molecule has 1 aliphatic rings. The van der Waals surface area contributed by atoms with Gasteiger partial charge in [-0.05, 0) is 34.9 Å². The van der Waals surface area contributed by atoms with Crippen LogP contribution < -0.4 is 14.8 Å². The van der Waals surface area contributed by atoms with E-state index in [4.69, 9.17) is 10.00 Å². The van der Waals surface area contributed by atoms with Gasteiger partial charge in [-0.2, -0.15) is 5.26 Å². The lowest BCUT2D eigenvalue weighted by Gasteiger charge is -2.20. The molecule has 0 saturated heterocycles. The van der Waals surface area contributed by atoms with Crippen LogP contribution in [0.4, 0.5) is 13.2 Å². The third-order valence-corrected chi connectivity index (χ3v) is 4.65. The van der Waals surface area contributed by atoms with Crippen molar-refractivity contribution in [1.82, 2.24) is 5.32 Å². The number of nitrogens with one attached hydrogen (secondary N) is 1. The predicted octanol–water partition coefficient (Wildman–Crippen LogP) is 3.77. The first-order valence-corrected chi connectivity index (χ1v) is 9.16. The quantitative estimate of drug-likeness (QED) is 0.742. The van der Waals surface area contributed by atoms with Crippen LogP contribution in [-0.2, 0) is 17.8 Å². The highest BCUT2D eigenvalue weighted by atomic mass is 19.4. The van der Waals surface area contributed by atoms with Gasteiger partial charge in [-0.25, -0.2) is 0 Å². The normalized spacial score (nSPS) is 13.7. The highest BCUT2D eigenvalue weighted by molar-refractivity contribution is 5.77. The summed E-state index contributed by atoms with van der Waals surface area (Å²) in [5.41, 5.74) is 3.09. The first-order valence-electron chi connectivity index (χ1n) is 9.16. The van der Waals surface area contributed by atoms with E-state index in [1.54, 1.807) is 6.07 Å². The molecule has 0 aliphatic carbocycles. The van der Waals surface area contributed by atoms with Crippen molar-refractivity contribution >= 4 is 5.91 Å². The Bertz CT molecular complexity index is 982. The summed E-state index contributed by atoms with van der Waals surface area (Å²) in [6.45, 7) is 1.86. The van der Waals surface area contributed by atoms with Crippen LogP contribution in [-0.4, -0.2) is 24.0 Å². The van der Waals surface area contributed by atoms with Crippen LogP contribution in [0.15, 0.2) is 30.3 Å². The van der Waals surface area contributed by atoms with Crippen molar-refractivity contribution in [3.05, 3.63) is 47.0 Å². The predicted molar refractivity (Wildman–Crippen MR) is 100 cm³/mol. The summed E-state index contributed by atoms with van der Waals surface area (Å²) in [5, 5.41) is 22.2. The van der Waals surface area contributed by atoms with E-state index in [1.807, 2.05) is 6.07 Å². The molecule has 1 atom stereocenters. The van der Waals surface area contributed by atoms with Crippen LogP contribution in [0.3, 0.4) is 0 Å². The van der Waals surface area contributed by atoms with Gasteiger partial charge in [0, 0.05) is 31.0 Å². The van der Waals surface area contributed by atoms with E-state index in [9.17, 15) is 23.1 Å². The highest BCUT2D eigenvalue weighted by Gasteiger charge is 2.31. The van der Waals surface area contributed by atoms with Gasteiger partial charge >= 0.3 is 6.36 Å². The number of aliphatic hydroxyl groups is 1. The zero-order valence-corrected chi connectivity index (χ0v) is 16.0. The van der Waals surface area contributed by atoms with E-state index in [1.165, 1.54) is 31.2 Å². The maximum Gasteiger partial charge on any atom is 0.573 e. The Morgan fingerprint density at radius 3 is 2.67 bits per heavy atom. The first kappa shape index (κ1) is 21.5. The smallest absolute Gasteiger partial charge is 0.492 e. The van der Waals surface area contributed by atoms with Crippen molar-refractivity contribution in [1.29, 1.82) is 5.26 Å². The molecule has 0 fully saturated rings. The Kier molecular flexibility index (Phi) is 6.17. The summed E-state index contributed by atoms with van der Waals surface area (Å²) in [5.74, 6) is -0.0934. The van der Waals surface area contributed by atoms with Crippen molar-refractivity contribution in [2.24, 2.45) is 0 Å². The number of benzene rings is 2. The van der Waals surface area contributed by atoms with Gasteiger partial charge < -0.3 is 19.9 Å². The Morgan fingerprint density at radius 1 is 1.37 bits per heavy atom. The number of nitrogens with zero attached hydrogens (tertiary/aromatic N) is 1. The lowest BCUT2D eigenvalue weighted by molar-refractivity contribution is -0.274. The fraction of sp³-hybridized carbons (Fsp3) is 0.333. The molecule has 9 heteroatoms. The van der Waals surface area contributed by atoms with E-state index in [-0.39, 0.29) is 24.6 Å². The Hall–Kier alpha value is -3.25. The molecule has 3 rings (SSSR count). The minimum atomic E-state index is -4.78. The Labute approximate surface area is 170 Å². The second kappa shape index (κ2) is 8.63. The Morgan fingerprint density at radius 2 is 2.07 bits per heavy atom. The molecule has 0 radical (unpaired) electrons. The second-order valence-corrected chi connectivity index (χ2v) is 6.76. The summed E-state index contributed by atoms with van der Waals surface area (Å²) < 4.78 is 46.9. The SMILES string of the molecule is CC(=O)NCc1cc(-c2ccc(OC(F)(F)F)cc2)c2c(c1[C@@H](O)CC#N)CCO2. The van der Waals surface area contributed by atoms with Crippen molar-refractivity contribution in [2.45, 2.75) is 38.8 Å². The second-order valence-electron chi connectivity index (χ2n) is 6.76. The molecule has 0 saturated carbocycles. The number of hydrogen-bond donors (Lipinski definition) is 2. The molecule has 2 N–H and O–H groups in total. The first-order chi connectivity index (χ1) is 14.2. The molecule has 6 nitrogen and oxygen atoms in total. The van der Waals surface area contributed by atoms with Crippen LogP contribution >= 0.6 is 0 Å². The topological polar surface area (TPSA) is 91.6 Å². The van der Waals surface area contributed by atoms with E-state index < -0.39 is 12.5 Å². The van der Waals surface area contributed by atoms with E-state index >= 15 is 0 Å². The minimum absolute atomic E-state index is 0.123. The monoisotopic (exact) mass is 420 g/mol. The van der Waals surface area contributed by atoms with Crippen molar-refractivity contribution in [3.8, 4) is 28.7 Å². The zero-order chi connectivity index (χ0) is 21.9. The average Bonchev–Trinajstić information content (AvgIpc) is 3.14. The van der Waals surface area contributed by atoms with Crippen LogP contribution in [0.25, 0.3) is 11.1 Å².